The Morgan fingerprint density at radius 3 is 2.35 bits per heavy atom. The van der Waals surface area contributed by atoms with E-state index in [1.165, 1.54) is 25.7 Å². The van der Waals surface area contributed by atoms with Gasteiger partial charge in [0, 0.05) is 6.04 Å². The number of carbonyl (C=O) groups is 1. The molecule has 0 spiro atoms. The van der Waals surface area contributed by atoms with Gasteiger partial charge in [-0.3, -0.25) is 4.79 Å². The molecule has 0 aromatic rings. The molecular weight excluding hydrogens is 268 g/mol. The maximum absolute atomic E-state index is 12.7. The van der Waals surface area contributed by atoms with Crippen LogP contribution in [0.2, 0.25) is 0 Å². The van der Waals surface area contributed by atoms with Crippen molar-refractivity contribution >= 4 is 23.1 Å². The number of unbranched alkanes of at least 4 members (excludes halogenated alkanes) is 2. The molecule has 0 aromatic carbocycles. The van der Waals surface area contributed by atoms with Crippen molar-refractivity contribution < 1.29 is 4.79 Å². The van der Waals surface area contributed by atoms with Crippen LogP contribution in [0.25, 0.3) is 0 Å². The minimum atomic E-state index is -0.592. The first-order valence-electron chi connectivity index (χ1n) is 8.14. The predicted molar refractivity (Wildman–Crippen MR) is 88.7 cm³/mol. The molecule has 20 heavy (non-hydrogen) atoms. The molecule has 0 heterocycles. The minimum absolute atomic E-state index is 0.0656. The molecule has 3 N–H and O–H groups in total. The topological polar surface area (TPSA) is 55.1 Å². The van der Waals surface area contributed by atoms with Crippen LogP contribution in [0.1, 0.15) is 78.1 Å². The summed E-state index contributed by atoms with van der Waals surface area (Å²) >= 11 is 5.24. The number of thiocarbonyl (C=S) groups is 1. The van der Waals surface area contributed by atoms with Crippen molar-refractivity contribution in [3.63, 3.8) is 0 Å². The van der Waals surface area contributed by atoms with Crippen molar-refractivity contribution in [3.8, 4) is 0 Å². The van der Waals surface area contributed by atoms with Crippen LogP contribution >= 0.6 is 12.2 Å². The lowest BCUT2D eigenvalue weighted by molar-refractivity contribution is -0.128. The Kier molecular flexibility index (Phi) is 7.49. The van der Waals surface area contributed by atoms with E-state index in [-0.39, 0.29) is 11.9 Å². The molecule has 1 amide bonds. The highest BCUT2D eigenvalue weighted by atomic mass is 32.1. The molecule has 0 aromatic heterocycles. The molecule has 1 unspecified atom stereocenters. The van der Waals surface area contributed by atoms with Crippen LogP contribution in [0.5, 0.6) is 0 Å². The van der Waals surface area contributed by atoms with Crippen molar-refractivity contribution in [2.45, 2.75) is 84.1 Å². The van der Waals surface area contributed by atoms with E-state index in [0.717, 1.165) is 38.5 Å². The summed E-state index contributed by atoms with van der Waals surface area (Å²) in [5.41, 5.74) is 5.35. The molecule has 1 aliphatic carbocycles. The quantitative estimate of drug-likeness (QED) is 0.428. The lowest BCUT2D eigenvalue weighted by Gasteiger charge is -2.31. The predicted octanol–water partition coefficient (Wildman–Crippen LogP) is 3.70. The second kappa shape index (κ2) is 8.60. The van der Waals surface area contributed by atoms with Crippen molar-refractivity contribution in [3.05, 3.63) is 0 Å². The number of hydrogen-bond donors (Lipinski definition) is 2. The molecule has 0 radical (unpaired) electrons. The fourth-order valence-corrected chi connectivity index (χ4v) is 3.35. The van der Waals surface area contributed by atoms with E-state index in [1.807, 2.05) is 0 Å². The number of rotatable bonds is 7. The molecule has 3 nitrogen and oxygen atoms in total. The van der Waals surface area contributed by atoms with Gasteiger partial charge in [-0.25, -0.2) is 0 Å². The van der Waals surface area contributed by atoms with E-state index < -0.39 is 5.41 Å². The highest BCUT2D eigenvalue weighted by Gasteiger charge is 2.41. The van der Waals surface area contributed by atoms with Crippen LogP contribution in [0.3, 0.4) is 0 Å². The number of amides is 1. The highest BCUT2D eigenvalue weighted by Crippen LogP contribution is 2.36. The Morgan fingerprint density at radius 2 is 1.85 bits per heavy atom. The Labute approximate surface area is 129 Å². The van der Waals surface area contributed by atoms with Crippen LogP contribution in [-0.2, 0) is 4.79 Å². The minimum Gasteiger partial charge on any atom is -0.392 e. The molecule has 0 saturated heterocycles. The summed E-state index contributed by atoms with van der Waals surface area (Å²) in [5.74, 6) is 0.0656. The van der Waals surface area contributed by atoms with E-state index in [2.05, 4.69) is 19.2 Å². The van der Waals surface area contributed by atoms with Gasteiger partial charge in [-0.05, 0) is 26.2 Å². The van der Waals surface area contributed by atoms with Gasteiger partial charge in [0.1, 0.15) is 0 Å². The Bertz CT molecular complexity index is 322. The van der Waals surface area contributed by atoms with Gasteiger partial charge < -0.3 is 11.1 Å². The molecule has 0 bridgehead atoms. The molecular formula is C16H30N2OS. The maximum atomic E-state index is 12.7. The molecule has 4 heteroatoms. The number of nitrogens with two attached hydrogens (primary N) is 1. The molecule has 1 fully saturated rings. The van der Waals surface area contributed by atoms with E-state index in [0.29, 0.717) is 4.99 Å². The van der Waals surface area contributed by atoms with E-state index in [4.69, 9.17) is 18.0 Å². The summed E-state index contributed by atoms with van der Waals surface area (Å²) in [4.78, 5) is 13.1. The summed E-state index contributed by atoms with van der Waals surface area (Å²) in [6.45, 7) is 4.27. The van der Waals surface area contributed by atoms with Crippen molar-refractivity contribution in [1.29, 1.82) is 0 Å². The van der Waals surface area contributed by atoms with Crippen molar-refractivity contribution in [2.75, 3.05) is 0 Å². The first-order chi connectivity index (χ1) is 9.53. The molecule has 1 saturated carbocycles. The summed E-state index contributed by atoms with van der Waals surface area (Å²) in [6, 6.07) is 0.212. The first-order valence-corrected chi connectivity index (χ1v) is 8.54. The zero-order chi connectivity index (χ0) is 15.0. The van der Waals surface area contributed by atoms with E-state index in [1.54, 1.807) is 0 Å². The third-order valence-corrected chi connectivity index (χ3v) is 4.87. The lowest BCUT2D eigenvalue weighted by atomic mass is 9.79. The van der Waals surface area contributed by atoms with Gasteiger partial charge in [-0.1, -0.05) is 64.1 Å². The van der Waals surface area contributed by atoms with Crippen LogP contribution in [0.4, 0.5) is 0 Å². The van der Waals surface area contributed by atoms with Gasteiger partial charge in [0.05, 0.1) is 10.4 Å². The summed E-state index contributed by atoms with van der Waals surface area (Å²) in [6.07, 6.45) is 10.7. The first kappa shape index (κ1) is 17.4. The monoisotopic (exact) mass is 298 g/mol. The zero-order valence-electron chi connectivity index (χ0n) is 13.0. The van der Waals surface area contributed by atoms with Gasteiger partial charge in [0.15, 0.2) is 0 Å². The van der Waals surface area contributed by atoms with Gasteiger partial charge >= 0.3 is 0 Å². The molecule has 0 aliphatic heterocycles. The third-order valence-electron chi connectivity index (χ3n) is 4.48. The Balaban J connectivity index is 2.62. The van der Waals surface area contributed by atoms with Crippen LogP contribution in [0.15, 0.2) is 0 Å². The van der Waals surface area contributed by atoms with E-state index >= 15 is 0 Å². The fourth-order valence-electron chi connectivity index (χ4n) is 3.05. The second-order valence-electron chi connectivity index (χ2n) is 6.23. The third kappa shape index (κ3) is 4.72. The normalized spacial score (nSPS) is 19.9. The van der Waals surface area contributed by atoms with Gasteiger partial charge in [-0.15, -0.1) is 0 Å². The largest absolute Gasteiger partial charge is 0.392 e. The Hall–Kier alpha value is -0.640. The van der Waals surface area contributed by atoms with Crippen molar-refractivity contribution in [2.24, 2.45) is 11.1 Å². The summed E-state index contributed by atoms with van der Waals surface area (Å²) in [5, 5.41) is 3.15. The average Bonchev–Trinajstić information content (AvgIpc) is 2.65. The van der Waals surface area contributed by atoms with Gasteiger partial charge in [0.2, 0.25) is 5.91 Å². The summed E-state index contributed by atoms with van der Waals surface area (Å²) in [7, 11) is 0. The Morgan fingerprint density at radius 1 is 1.25 bits per heavy atom. The van der Waals surface area contributed by atoms with Crippen LogP contribution in [0, 0.1) is 5.41 Å². The second-order valence-corrected chi connectivity index (χ2v) is 6.67. The van der Waals surface area contributed by atoms with E-state index in [9.17, 15) is 4.79 Å². The molecule has 1 aliphatic rings. The average molecular weight is 298 g/mol. The fraction of sp³-hybridized carbons (Fsp3) is 0.875. The van der Waals surface area contributed by atoms with Crippen LogP contribution < -0.4 is 11.1 Å². The number of hydrogen-bond acceptors (Lipinski definition) is 2. The SMILES string of the molecule is CCCCCC(C)NC(=O)C1(C(N)=S)CCCCCC1. The molecule has 1 atom stereocenters. The molecule has 116 valence electrons. The number of nitrogens with one attached hydrogen (secondary N) is 1. The zero-order valence-corrected chi connectivity index (χ0v) is 13.9. The van der Waals surface area contributed by atoms with Crippen molar-refractivity contribution in [1.82, 2.24) is 5.32 Å². The molecule has 1 rings (SSSR count). The lowest BCUT2D eigenvalue weighted by Crippen LogP contribution is -2.50. The van der Waals surface area contributed by atoms with Gasteiger partial charge in [0.25, 0.3) is 0 Å². The number of carbonyl (C=O) groups excluding carboxylic acids is 1. The maximum Gasteiger partial charge on any atom is 0.233 e. The highest BCUT2D eigenvalue weighted by molar-refractivity contribution is 7.80. The standard InChI is InChI=1S/C16H30N2OS/c1-3-4-7-10-13(2)18-15(19)16(14(17)20)11-8-5-6-9-12-16/h13H,3-12H2,1-2H3,(H2,17,20)(H,18,19). The van der Waals surface area contributed by atoms with Gasteiger partial charge in [-0.2, -0.15) is 0 Å². The smallest absolute Gasteiger partial charge is 0.233 e. The van der Waals surface area contributed by atoms with Crippen LogP contribution in [-0.4, -0.2) is 16.9 Å². The summed E-state index contributed by atoms with van der Waals surface area (Å²) < 4.78 is 0.